The summed E-state index contributed by atoms with van der Waals surface area (Å²) in [7, 11) is 0. The maximum Gasteiger partial charge on any atom is 0.135 e. The number of nitrogens with zero attached hydrogens (tertiary/aromatic N) is 3. The zero-order valence-electron chi connectivity index (χ0n) is 36.3. The average molecular weight is 836 g/mol. The summed E-state index contributed by atoms with van der Waals surface area (Å²) in [6.07, 6.45) is 0. The molecule has 0 spiro atoms. The molecule has 0 amide bonds. The van der Waals surface area contributed by atoms with Gasteiger partial charge in [-0.05, 0) is 149 Å². The molecule has 4 heteroatoms. The Morgan fingerprint density at radius 1 is 0.385 bits per heavy atom. The molecule has 0 saturated carbocycles. The van der Waals surface area contributed by atoms with E-state index in [1.807, 2.05) is 0 Å². The summed E-state index contributed by atoms with van der Waals surface area (Å²) in [6.45, 7) is 4.70. The molecule has 0 N–H and O–H groups in total. The topological polar surface area (TPSA) is 24.6 Å². The molecule has 11 aromatic rings. The summed E-state index contributed by atoms with van der Waals surface area (Å²) >= 11 is 0. The minimum atomic E-state index is -0.132. The van der Waals surface area contributed by atoms with Crippen molar-refractivity contribution in [3.8, 4) is 39.4 Å². The van der Waals surface area contributed by atoms with Gasteiger partial charge in [-0.3, -0.25) is 0 Å². The maximum absolute atomic E-state index is 6.71. The Morgan fingerprint density at radius 3 is 1.42 bits per heavy atom. The number of para-hydroxylation sites is 4. The number of rotatable bonds is 9. The SMILES string of the molecule is CC1(C)c2ccccc2-c2ccc(-n3c(-c4ccc(N(c5ccccc5)c5ccccc5)cc4)cc4cc5oc(-c6ccc(N(c7ccccc7)c7ccccc7)cc6)cc5cc43)cc21. The Kier molecular flexibility index (Phi) is 9.13. The van der Waals surface area contributed by atoms with Crippen molar-refractivity contribution in [2.75, 3.05) is 9.80 Å². The molecule has 0 saturated heterocycles. The molecule has 0 atom stereocenters. The van der Waals surface area contributed by atoms with Crippen LogP contribution in [0.1, 0.15) is 25.0 Å². The van der Waals surface area contributed by atoms with Crippen molar-refractivity contribution in [1.82, 2.24) is 4.57 Å². The number of furan rings is 1. The van der Waals surface area contributed by atoms with E-state index >= 15 is 0 Å². The van der Waals surface area contributed by atoms with E-state index in [0.717, 1.165) is 84.3 Å². The maximum atomic E-state index is 6.71. The highest BCUT2D eigenvalue weighted by Gasteiger charge is 2.35. The van der Waals surface area contributed by atoms with Gasteiger partial charge in [-0.25, -0.2) is 0 Å². The highest BCUT2D eigenvalue weighted by atomic mass is 16.3. The van der Waals surface area contributed by atoms with E-state index in [0.29, 0.717) is 0 Å². The largest absolute Gasteiger partial charge is 0.456 e. The molecule has 1 aliphatic rings. The van der Waals surface area contributed by atoms with E-state index in [1.165, 1.54) is 22.3 Å². The first kappa shape index (κ1) is 38.3. The van der Waals surface area contributed by atoms with Crippen molar-refractivity contribution in [1.29, 1.82) is 0 Å². The van der Waals surface area contributed by atoms with Gasteiger partial charge in [-0.2, -0.15) is 0 Å². The molecule has 0 fully saturated rings. The van der Waals surface area contributed by atoms with Crippen molar-refractivity contribution >= 4 is 56.0 Å². The van der Waals surface area contributed by atoms with Crippen LogP contribution in [0.15, 0.2) is 241 Å². The van der Waals surface area contributed by atoms with Crippen LogP contribution in [0.4, 0.5) is 34.1 Å². The number of hydrogen-bond acceptors (Lipinski definition) is 3. The highest BCUT2D eigenvalue weighted by Crippen LogP contribution is 2.50. The van der Waals surface area contributed by atoms with Crippen LogP contribution in [0, 0.1) is 0 Å². The van der Waals surface area contributed by atoms with Crippen molar-refractivity contribution in [3.05, 3.63) is 248 Å². The van der Waals surface area contributed by atoms with Crippen LogP contribution in [0.2, 0.25) is 0 Å². The van der Waals surface area contributed by atoms with Gasteiger partial charge in [0.25, 0.3) is 0 Å². The Bertz CT molecular complexity index is 3400. The lowest BCUT2D eigenvalue weighted by Crippen LogP contribution is -2.15. The zero-order valence-corrected chi connectivity index (χ0v) is 36.3. The molecular formula is C61H45N3O. The van der Waals surface area contributed by atoms with Crippen LogP contribution in [0.3, 0.4) is 0 Å². The highest BCUT2D eigenvalue weighted by molar-refractivity contribution is 6.00. The Morgan fingerprint density at radius 2 is 0.862 bits per heavy atom. The molecule has 4 nitrogen and oxygen atoms in total. The first-order valence-corrected chi connectivity index (χ1v) is 22.3. The van der Waals surface area contributed by atoms with Crippen LogP contribution in [-0.4, -0.2) is 4.57 Å². The number of benzene rings is 9. The van der Waals surface area contributed by atoms with Gasteiger partial charge in [0.05, 0.1) is 11.2 Å². The molecule has 2 heterocycles. The first-order valence-electron chi connectivity index (χ1n) is 22.3. The van der Waals surface area contributed by atoms with Crippen LogP contribution in [0.5, 0.6) is 0 Å². The van der Waals surface area contributed by atoms with Crippen LogP contribution in [-0.2, 0) is 5.41 Å². The smallest absolute Gasteiger partial charge is 0.135 e. The average Bonchev–Trinajstić information content (AvgIpc) is 4.02. The fraction of sp³-hybridized carbons (Fsp3) is 0.0492. The van der Waals surface area contributed by atoms with Gasteiger partial charge in [0.1, 0.15) is 11.3 Å². The van der Waals surface area contributed by atoms with Gasteiger partial charge in [-0.1, -0.05) is 129 Å². The van der Waals surface area contributed by atoms with Crippen molar-refractivity contribution in [3.63, 3.8) is 0 Å². The normalized spacial score (nSPS) is 12.6. The Hall–Kier alpha value is -8.34. The monoisotopic (exact) mass is 835 g/mol. The lowest BCUT2D eigenvalue weighted by molar-refractivity contribution is 0.632. The third-order valence-corrected chi connectivity index (χ3v) is 13.2. The molecule has 0 unspecified atom stereocenters. The third kappa shape index (κ3) is 6.61. The minimum absolute atomic E-state index is 0.132. The summed E-state index contributed by atoms with van der Waals surface area (Å²) in [5.74, 6) is 0.839. The molecule has 2 aromatic heterocycles. The van der Waals surface area contributed by atoms with E-state index in [1.54, 1.807) is 0 Å². The quantitative estimate of drug-likeness (QED) is 0.145. The number of fused-ring (bicyclic) bond motifs is 5. The number of anilines is 6. The molecule has 0 radical (unpaired) electrons. The van der Waals surface area contributed by atoms with E-state index in [9.17, 15) is 0 Å². The summed E-state index contributed by atoms with van der Waals surface area (Å²) < 4.78 is 9.16. The fourth-order valence-electron chi connectivity index (χ4n) is 9.96. The summed E-state index contributed by atoms with van der Waals surface area (Å²) in [6, 6.07) is 84.7. The summed E-state index contributed by atoms with van der Waals surface area (Å²) in [4.78, 5) is 4.59. The second-order valence-corrected chi connectivity index (χ2v) is 17.4. The third-order valence-electron chi connectivity index (χ3n) is 13.2. The predicted molar refractivity (Wildman–Crippen MR) is 271 cm³/mol. The zero-order chi connectivity index (χ0) is 43.5. The van der Waals surface area contributed by atoms with Gasteiger partial charge < -0.3 is 18.8 Å². The van der Waals surface area contributed by atoms with Crippen LogP contribution in [0.25, 0.3) is 61.3 Å². The minimum Gasteiger partial charge on any atom is -0.456 e. The molecule has 9 aromatic carbocycles. The van der Waals surface area contributed by atoms with Gasteiger partial charge in [-0.15, -0.1) is 0 Å². The molecule has 1 aliphatic carbocycles. The molecule has 12 rings (SSSR count). The van der Waals surface area contributed by atoms with E-state index < -0.39 is 0 Å². The van der Waals surface area contributed by atoms with Crippen molar-refractivity contribution in [2.24, 2.45) is 0 Å². The molecular weight excluding hydrogens is 791 g/mol. The standard InChI is InChI=1S/C61H45N3O/c1-61(2)55-26-16-15-25-53(55)54-36-35-52(41-56(54)61)64-57(42-27-31-50(32-28-42)62(46-17-7-3-8-18-46)47-19-9-4-10-20-47)37-44-39-60-45(38-58(44)64)40-59(65-60)43-29-33-51(34-30-43)63(48-21-11-5-12-22-48)49-23-13-6-14-24-49/h3-41H,1-2H3. The fourth-order valence-corrected chi connectivity index (χ4v) is 9.96. The Labute approximate surface area is 379 Å². The van der Waals surface area contributed by atoms with Gasteiger partial charge >= 0.3 is 0 Å². The van der Waals surface area contributed by atoms with Crippen LogP contribution >= 0.6 is 0 Å². The van der Waals surface area contributed by atoms with E-state index in [-0.39, 0.29) is 5.41 Å². The first-order chi connectivity index (χ1) is 32.0. The number of hydrogen-bond donors (Lipinski definition) is 0. The lowest BCUT2D eigenvalue weighted by atomic mass is 9.82. The van der Waals surface area contributed by atoms with Gasteiger partial charge in [0, 0.05) is 61.6 Å². The summed E-state index contributed by atoms with van der Waals surface area (Å²) in [5, 5.41) is 2.18. The second-order valence-electron chi connectivity index (χ2n) is 17.4. The van der Waals surface area contributed by atoms with E-state index in [2.05, 4.69) is 265 Å². The summed E-state index contributed by atoms with van der Waals surface area (Å²) in [5.41, 5.74) is 18.2. The van der Waals surface area contributed by atoms with E-state index in [4.69, 9.17) is 4.42 Å². The Balaban J connectivity index is 0.967. The van der Waals surface area contributed by atoms with Crippen molar-refractivity contribution in [2.45, 2.75) is 19.3 Å². The molecule has 0 bridgehead atoms. The second kappa shape index (κ2) is 15.5. The predicted octanol–water partition coefficient (Wildman–Crippen LogP) is 17.0. The van der Waals surface area contributed by atoms with Crippen LogP contribution < -0.4 is 9.80 Å². The number of aromatic nitrogens is 1. The lowest BCUT2D eigenvalue weighted by Gasteiger charge is -2.25. The van der Waals surface area contributed by atoms with Crippen molar-refractivity contribution < 1.29 is 4.42 Å². The van der Waals surface area contributed by atoms with Gasteiger partial charge in [0.2, 0.25) is 0 Å². The molecule has 65 heavy (non-hydrogen) atoms. The molecule has 310 valence electrons. The van der Waals surface area contributed by atoms with Gasteiger partial charge in [0.15, 0.2) is 0 Å². The molecule has 0 aliphatic heterocycles.